The molecule has 6 atom stereocenters. The highest BCUT2D eigenvalue weighted by Gasteiger charge is 2.44. The highest BCUT2D eigenvalue weighted by molar-refractivity contribution is 5.66. The second-order valence-electron chi connectivity index (χ2n) is 7.84. The van der Waals surface area contributed by atoms with E-state index in [0.29, 0.717) is 24.7 Å². The standard InChI is InChI=1S/C22H32O4/c1-3-4-7-15(2)20(23)11-10-18-19-13-16(8-5-6-9-22(25)26)12-17(19)14-21(18)24/h8,10-11,15,17-21,23-24H,5-7,9,12-14H2,1-2H3,(H,25,26)/b11-10+,16-8-/t15-,17-,18-,19-,20+,21+/m0/s1. The predicted molar refractivity (Wildman–Crippen MR) is 102 cm³/mol. The molecule has 0 amide bonds. The van der Waals surface area contributed by atoms with Crippen molar-refractivity contribution in [1.29, 1.82) is 0 Å². The Hall–Kier alpha value is -1.57. The Morgan fingerprint density at radius 2 is 2.15 bits per heavy atom. The van der Waals surface area contributed by atoms with E-state index in [1.54, 1.807) is 6.92 Å². The molecule has 2 fully saturated rings. The summed E-state index contributed by atoms with van der Waals surface area (Å²) in [6.07, 6.45) is 10.4. The normalized spacial score (nSPS) is 31.6. The van der Waals surface area contributed by atoms with E-state index in [2.05, 4.69) is 17.9 Å². The summed E-state index contributed by atoms with van der Waals surface area (Å²) < 4.78 is 0. The lowest BCUT2D eigenvalue weighted by atomic mass is 9.89. The number of carboxylic acid groups (broad SMARTS) is 1. The van der Waals surface area contributed by atoms with E-state index < -0.39 is 12.1 Å². The number of allylic oxidation sites excluding steroid dienone is 2. The first kappa shape index (κ1) is 20.7. The number of unbranched alkanes of at least 4 members (excludes halogenated alkanes) is 1. The molecule has 26 heavy (non-hydrogen) atoms. The third kappa shape index (κ3) is 5.72. The van der Waals surface area contributed by atoms with Crippen molar-refractivity contribution >= 4 is 5.97 Å². The fourth-order valence-electron chi connectivity index (χ4n) is 4.31. The zero-order chi connectivity index (χ0) is 19.1. The third-order valence-electron chi connectivity index (χ3n) is 5.85. The van der Waals surface area contributed by atoms with Crippen LogP contribution in [0.5, 0.6) is 0 Å². The van der Waals surface area contributed by atoms with Gasteiger partial charge in [-0.15, -0.1) is 11.8 Å². The van der Waals surface area contributed by atoms with E-state index in [0.717, 1.165) is 25.7 Å². The molecule has 2 rings (SSSR count). The van der Waals surface area contributed by atoms with E-state index in [1.807, 2.05) is 19.1 Å². The van der Waals surface area contributed by atoms with Gasteiger partial charge >= 0.3 is 5.97 Å². The summed E-state index contributed by atoms with van der Waals surface area (Å²) in [5.41, 5.74) is 1.41. The van der Waals surface area contributed by atoms with Gasteiger partial charge in [-0.3, -0.25) is 4.79 Å². The molecule has 0 aliphatic heterocycles. The number of aliphatic carboxylic acids is 1. The van der Waals surface area contributed by atoms with Crippen LogP contribution < -0.4 is 0 Å². The minimum atomic E-state index is -0.738. The molecule has 2 aliphatic rings. The Balaban J connectivity index is 1.89. The molecular weight excluding hydrogens is 328 g/mol. The van der Waals surface area contributed by atoms with Crippen molar-refractivity contribution in [2.45, 2.75) is 71.0 Å². The molecule has 0 bridgehead atoms. The maximum absolute atomic E-state index is 10.6. The zero-order valence-corrected chi connectivity index (χ0v) is 15.9. The fraction of sp³-hybridized carbons (Fsp3) is 0.682. The molecular formula is C22H32O4. The summed E-state index contributed by atoms with van der Waals surface area (Å²) in [6, 6.07) is 0. The lowest BCUT2D eigenvalue weighted by molar-refractivity contribution is -0.137. The highest BCUT2D eigenvalue weighted by atomic mass is 16.4. The number of hydrogen-bond acceptors (Lipinski definition) is 3. The van der Waals surface area contributed by atoms with Crippen LogP contribution in [0.15, 0.2) is 23.8 Å². The van der Waals surface area contributed by atoms with Crippen LogP contribution in [-0.4, -0.2) is 33.5 Å². The molecule has 4 heteroatoms. The topological polar surface area (TPSA) is 77.8 Å². The van der Waals surface area contributed by atoms with Gasteiger partial charge in [-0.2, -0.15) is 0 Å². The zero-order valence-electron chi connectivity index (χ0n) is 15.9. The molecule has 0 aromatic heterocycles. The lowest BCUT2D eigenvalue weighted by Crippen LogP contribution is -2.19. The second-order valence-corrected chi connectivity index (χ2v) is 7.84. The molecule has 0 saturated heterocycles. The average molecular weight is 360 g/mol. The molecule has 0 aromatic rings. The number of aliphatic hydroxyl groups excluding tert-OH is 2. The van der Waals surface area contributed by atoms with Crippen molar-refractivity contribution in [3.8, 4) is 11.8 Å². The van der Waals surface area contributed by atoms with Gasteiger partial charge in [0, 0.05) is 18.8 Å². The maximum Gasteiger partial charge on any atom is 0.303 e. The van der Waals surface area contributed by atoms with E-state index in [4.69, 9.17) is 5.11 Å². The predicted octanol–water partition coefficient (Wildman–Crippen LogP) is 3.54. The molecule has 0 heterocycles. The van der Waals surface area contributed by atoms with Gasteiger partial charge in [0.1, 0.15) is 0 Å². The Morgan fingerprint density at radius 1 is 1.38 bits per heavy atom. The summed E-state index contributed by atoms with van der Waals surface area (Å²) in [6.45, 7) is 3.79. The summed E-state index contributed by atoms with van der Waals surface area (Å²) in [4.78, 5) is 10.6. The van der Waals surface area contributed by atoms with Crippen molar-refractivity contribution in [2.75, 3.05) is 0 Å². The van der Waals surface area contributed by atoms with Crippen LogP contribution in [0.3, 0.4) is 0 Å². The van der Waals surface area contributed by atoms with Crippen molar-refractivity contribution in [1.82, 2.24) is 0 Å². The smallest absolute Gasteiger partial charge is 0.303 e. The summed E-state index contributed by atoms with van der Waals surface area (Å²) in [5.74, 6) is 6.25. The Bertz CT molecular complexity index is 595. The van der Waals surface area contributed by atoms with Crippen LogP contribution in [0.2, 0.25) is 0 Å². The van der Waals surface area contributed by atoms with Crippen LogP contribution in [0.25, 0.3) is 0 Å². The third-order valence-corrected chi connectivity index (χ3v) is 5.85. The van der Waals surface area contributed by atoms with Gasteiger partial charge in [-0.25, -0.2) is 0 Å². The van der Waals surface area contributed by atoms with Gasteiger partial charge in [0.05, 0.1) is 12.2 Å². The maximum atomic E-state index is 10.6. The largest absolute Gasteiger partial charge is 0.481 e. The Morgan fingerprint density at radius 3 is 2.85 bits per heavy atom. The van der Waals surface area contributed by atoms with Crippen LogP contribution in [0.1, 0.15) is 58.8 Å². The molecule has 144 valence electrons. The molecule has 0 radical (unpaired) electrons. The second kappa shape index (κ2) is 9.94. The van der Waals surface area contributed by atoms with Gasteiger partial charge < -0.3 is 15.3 Å². The molecule has 4 nitrogen and oxygen atoms in total. The Kier molecular flexibility index (Phi) is 7.93. The first-order chi connectivity index (χ1) is 12.4. The lowest BCUT2D eigenvalue weighted by Gasteiger charge is -2.19. The minimum absolute atomic E-state index is 0.0845. The Labute approximate surface area is 157 Å². The molecule has 2 aliphatic carbocycles. The van der Waals surface area contributed by atoms with Crippen LogP contribution in [0, 0.1) is 35.5 Å². The van der Waals surface area contributed by atoms with Gasteiger partial charge in [0.15, 0.2) is 0 Å². The monoisotopic (exact) mass is 360 g/mol. The van der Waals surface area contributed by atoms with E-state index in [1.165, 1.54) is 5.57 Å². The van der Waals surface area contributed by atoms with Crippen molar-refractivity contribution in [3.05, 3.63) is 23.8 Å². The van der Waals surface area contributed by atoms with Gasteiger partial charge in [0.2, 0.25) is 0 Å². The first-order valence-electron chi connectivity index (χ1n) is 9.76. The molecule has 3 N–H and O–H groups in total. The van der Waals surface area contributed by atoms with Crippen LogP contribution in [0.4, 0.5) is 0 Å². The number of carboxylic acids is 1. The molecule has 2 saturated carbocycles. The molecule has 0 unspecified atom stereocenters. The van der Waals surface area contributed by atoms with Gasteiger partial charge in [-0.1, -0.05) is 30.7 Å². The van der Waals surface area contributed by atoms with Crippen LogP contribution >= 0.6 is 0 Å². The SMILES string of the molecule is CC#CC[C@H](C)[C@H](O)/C=C/[C@H]1[C@H]2C/C(=C\CCCC(=O)O)C[C@H]2C[C@H]1O. The molecule has 0 spiro atoms. The summed E-state index contributed by atoms with van der Waals surface area (Å²) >= 11 is 0. The highest BCUT2D eigenvalue weighted by Crippen LogP contribution is 2.50. The van der Waals surface area contributed by atoms with Gasteiger partial charge in [-0.05, 0) is 56.8 Å². The van der Waals surface area contributed by atoms with Crippen LogP contribution in [-0.2, 0) is 4.79 Å². The number of fused-ring (bicyclic) bond motifs is 1. The molecule has 0 aromatic carbocycles. The van der Waals surface area contributed by atoms with E-state index in [-0.39, 0.29) is 24.4 Å². The summed E-state index contributed by atoms with van der Waals surface area (Å²) in [7, 11) is 0. The van der Waals surface area contributed by atoms with Crippen molar-refractivity contribution in [3.63, 3.8) is 0 Å². The average Bonchev–Trinajstić information content (AvgIpc) is 3.10. The number of rotatable bonds is 8. The van der Waals surface area contributed by atoms with Gasteiger partial charge in [0.25, 0.3) is 0 Å². The quantitative estimate of drug-likeness (QED) is 0.351. The minimum Gasteiger partial charge on any atom is -0.481 e. The summed E-state index contributed by atoms with van der Waals surface area (Å²) in [5, 5.41) is 29.4. The van der Waals surface area contributed by atoms with E-state index in [9.17, 15) is 15.0 Å². The number of carbonyl (C=O) groups is 1. The van der Waals surface area contributed by atoms with Crippen molar-refractivity contribution in [2.24, 2.45) is 23.7 Å². The van der Waals surface area contributed by atoms with E-state index >= 15 is 0 Å². The fourth-order valence-corrected chi connectivity index (χ4v) is 4.31. The first-order valence-corrected chi connectivity index (χ1v) is 9.76. The number of aliphatic hydroxyl groups is 2. The number of hydrogen-bond donors (Lipinski definition) is 3. The van der Waals surface area contributed by atoms with Crippen molar-refractivity contribution < 1.29 is 20.1 Å².